The van der Waals surface area contributed by atoms with Crippen LogP contribution in [0.3, 0.4) is 0 Å². The Labute approximate surface area is 128 Å². The van der Waals surface area contributed by atoms with Crippen LogP contribution in [0.1, 0.15) is 24.8 Å². The first-order valence-corrected chi connectivity index (χ1v) is 8.51. The zero-order valence-corrected chi connectivity index (χ0v) is 12.9. The van der Waals surface area contributed by atoms with Gasteiger partial charge in [-0.05, 0) is 48.2 Å². The number of hydrogen-bond acceptors (Lipinski definition) is 4. The highest BCUT2D eigenvalue weighted by atomic mass is 32.1. The van der Waals surface area contributed by atoms with E-state index in [1.54, 1.807) is 21.1 Å². The van der Waals surface area contributed by atoms with Gasteiger partial charge in [0.15, 0.2) is 0 Å². The predicted molar refractivity (Wildman–Crippen MR) is 82.0 cm³/mol. The van der Waals surface area contributed by atoms with E-state index in [1.807, 2.05) is 16.8 Å². The van der Waals surface area contributed by atoms with E-state index in [0.29, 0.717) is 19.6 Å². The zero-order chi connectivity index (χ0) is 14.7. The third kappa shape index (κ3) is 3.63. The van der Waals surface area contributed by atoms with Crippen LogP contribution in [0.2, 0.25) is 0 Å². The van der Waals surface area contributed by atoms with Crippen LogP contribution < -0.4 is 5.32 Å². The van der Waals surface area contributed by atoms with Gasteiger partial charge in [-0.3, -0.25) is 9.59 Å². The van der Waals surface area contributed by atoms with Gasteiger partial charge in [0.1, 0.15) is 0 Å². The molecule has 1 saturated carbocycles. The van der Waals surface area contributed by atoms with Gasteiger partial charge < -0.3 is 15.1 Å². The van der Waals surface area contributed by atoms with Crippen molar-refractivity contribution in [2.24, 2.45) is 0 Å². The van der Waals surface area contributed by atoms with Crippen LogP contribution in [0.4, 0.5) is 0 Å². The first-order chi connectivity index (χ1) is 10.3. The third-order valence-electron chi connectivity index (χ3n) is 3.99. The van der Waals surface area contributed by atoms with E-state index in [-0.39, 0.29) is 17.9 Å². The lowest BCUT2D eigenvalue weighted by Crippen LogP contribution is -2.46. The fourth-order valence-electron chi connectivity index (χ4n) is 2.64. The number of nitrogens with one attached hydrogen (secondary N) is 1. The Morgan fingerprint density at radius 3 is 2.90 bits per heavy atom. The standard InChI is InChI=1S/C15H21N3O2S/c19-14(17-7-1-5-16-6-8-17)15(20)18(13-2-3-13)10-12-4-9-21-11-12/h4,9,11,13,16H,1-3,5-8,10H2. The first-order valence-electron chi connectivity index (χ1n) is 7.57. The summed E-state index contributed by atoms with van der Waals surface area (Å²) in [5.41, 5.74) is 1.12. The molecule has 0 unspecified atom stereocenters. The van der Waals surface area contributed by atoms with Crippen molar-refractivity contribution in [3.8, 4) is 0 Å². The van der Waals surface area contributed by atoms with Gasteiger partial charge in [-0.1, -0.05) is 0 Å². The monoisotopic (exact) mass is 307 g/mol. The van der Waals surface area contributed by atoms with Gasteiger partial charge in [0.2, 0.25) is 0 Å². The summed E-state index contributed by atoms with van der Waals surface area (Å²) in [4.78, 5) is 28.5. The molecule has 0 aromatic carbocycles. The number of carbonyl (C=O) groups excluding carboxylic acids is 2. The molecule has 1 aliphatic heterocycles. The zero-order valence-electron chi connectivity index (χ0n) is 12.1. The molecular formula is C15H21N3O2S. The van der Waals surface area contributed by atoms with E-state index in [4.69, 9.17) is 0 Å². The molecule has 0 bridgehead atoms. The molecule has 21 heavy (non-hydrogen) atoms. The molecule has 6 heteroatoms. The van der Waals surface area contributed by atoms with E-state index in [9.17, 15) is 9.59 Å². The normalized spacial score (nSPS) is 19.1. The Bertz CT molecular complexity index is 491. The van der Waals surface area contributed by atoms with E-state index in [1.165, 1.54) is 0 Å². The van der Waals surface area contributed by atoms with Crippen molar-refractivity contribution in [3.63, 3.8) is 0 Å². The van der Waals surface area contributed by atoms with Crippen LogP contribution in [0.15, 0.2) is 16.8 Å². The molecule has 3 rings (SSSR count). The largest absolute Gasteiger partial charge is 0.333 e. The Morgan fingerprint density at radius 1 is 1.33 bits per heavy atom. The minimum atomic E-state index is -0.333. The molecule has 114 valence electrons. The number of carbonyl (C=O) groups is 2. The topological polar surface area (TPSA) is 52.7 Å². The van der Waals surface area contributed by atoms with Gasteiger partial charge in [0, 0.05) is 32.2 Å². The molecule has 2 amide bonds. The maximum Gasteiger partial charge on any atom is 0.312 e. The fourth-order valence-corrected chi connectivity index (χ4v) is 3.30. The minimum absolute atomic E-state index is 0.256. The van der Waals surface area contributed by atoms with Crippen LogP contribution in [-0.2, 0) is 16.1 Å². The summed E-state index contributed by atoms with van der Waals surface area (Å²) in [5, 5.41) is 7.31. The quantitative estimate of drug-likeness (QED) is 0.850. The molecule has 5 nitrogen and oxygen atoms in total. The maximum atomic E-state index is 12.6. The molecule has 0 spiro atoms. The number of nitrogens with zero attached hydrogens (tertiary/aromatic N) is 2. The maximum absolute atomic E-state index is 12.6. The fraction of sp³-hybridized carbons (Fsp3) is 0.600. The SMILES string of the molecule is O=C(C(=O)N(Cc1ccsc1)C1CC1)N1CCCNCC1. The summed E-state index contributed by atoms with van der Waals surface area (Å²) in [6, 6.07) is 2.28. The highest BCUT2D eigenvalue weighted by molar-refractivity contribution is 7.07. The average molecular weight is 307 g/mol. The van der Waals surface area contributed by atoms with E-state index < -0.39 is 0 Å². The molecule has 1 N–H and O–H groups in total. The number of thiophene rings is 1. The molecule has 2 fully saturated rings. The van der Waals surface area contributed by atoms with Gasteiger partial charge in [0.25, 0.3) is 0 Å². The van der Waals surface area contributed by atoms with Gasteiger partial charge in [-0.25, -0.2) is 0 Å². The molecule has 0 atom stereocenters. The van der Waals surface area contributed by atoms with Crippen molar-refractivity contribution in [2.75, 3.05) is 26.2 Å². The van der Waals surface area contributed by atoms with Crippen molar-refractivity contribution in [2.45, 2.75) is 31.8 Å². The lowest BCUT2D eigenvalue weighted by atomic mass is 10.2. The Morgan fingerprint density at radius 2 is 2.19 bits per heavy atom. The van der Waals surface area contributed by atoms with Crippen LogP contribution in [-0.4, -0.2) is 53.8 Å². The second-order valence-electron chi connectivity index (χ2n) is 5.69. The Balaban J connectivity index is 1.66. The van der Waals surface area contributed by atoms with E-state index >= 15 is 0 Å². The summed E-state index contributed by atoms with van der Waals surface area (Å²) >= 11 is 1.62. The summed E-state index contributed by atoms with van der Waals surface area (Å²) < 4.78 is 0. The van der Waals surface area contributed by atoms with Crippen LogP contribution in [0.5, 0.6) is 0 Å². The molecule has 1 aromatic heterocycles. The van der Waals surface area contributed by atoms with Gasteiger partial charge in [-0.2, -0.15) is 11.3 Å². The van der Waals surface area contributed by atoms with Crippen LogP contribution in [0, 0.1) is 0 Å². The molecular weight excluding hydrogens is 286 g/mol. The highest BCUT2D eigenvalue weighted by Gasteiger charge is 2.37. The number of amides is 2. The molecule has 1 aliphatic carbocycles. The summed E-state index contributed by atoms with van der Waals surface area (Å²) in [6.45, 7) is 3.55. The second-order valence-corrected chi connectivity index (χ2v) is 6.47. The summed E-state index contributed by atoms with van der Waals surface area (Å²) in [5.74, 6) is -0.661. The minimum Gasteiger partial charge on any atom is -0.333 e. The molecule has 2 aliphatic rings. The lowest BCUT2D eigenvalue weighted by molar-refractivity contribution is -0.152. The van der Waals surface area contributed by atoms with Crippen molar-refractivity contribution >= 4 is 23.2 Å². The molecule has 2 heterocycles. The molecule has 1 aromatic rings. The second kappa shape index (κ2) is 6.58. The van der Waals surface area contributed by atoms with Crippen molar-refractivity contribution in [3.05, 3.63) is 22.4 Å². The van der Waals surface area contributed by atoms with E-state index in [2.05, 4.69) is 5.32 Å². The van der Waals surface area contributed by atoms with Crippen molar-refractivity contribution in [1.82, 2.24) is 15.1 Å². The average Bonchev–Trinajstić information content (AvgIpc) is 3.27. The van der Waals surface area contributed by atoms with E-state index in [0.717, 1.165) is 37.9 Å². The summed E-state index contributed by atoms with van der Waals surface area (Å²) in [7, 11) is 0. The van der Waals surface area contributed by atoms with Gasteiger partial charge >= 0.3 is 11.8 Å². The van der Waals surface area contributed by atoms with Crippen LogP contribution >= 0.6 is 11.3 Å². The Hall–Kier alpha value is -1.40. The third-order valence-corrected chi connectivity index (χ3v) is 4.72. The van der Waals surface area contributed by atoms with Crippen molar-refractivity contribution in [1.29, 1.82) is 0 Å². The Kier molecular flexibility index (Phi) is 4.55. The smallest absolute Gasteiger partial charge is 0.312 e. The number of hydrogen-bond donors (Lipinski definition) is 1. The predicted octanol–water partition coefficient (Wildman–Crippen LogP) is 1.06. The van der Waals surface area contributed by atoms with Crippen LogP contribution in [0.25, 0.3) is 0 Å². The summed E-state index contributed by atoms with van der Waals surface area (Å²) in [6.07, 6.45) is 2.95. The highest BCUT2D eigenvalue weighted by Crippen LogP contribution is 2.29. The molecule has 0 radical (unpaired) electrons. The lowest BCUT2D eigenvalue weighted by Gasteiger charge is -2.26. The van der Waals surface area contributed by atoms with Gasteiger partial charge in [-0.15, -0.1) is 0 Å². The number of rotatable bonds is 3. The first kappa shape index (κ1) is 14.5. The van der Waals surface area contributed by atoms with Crippen molar-refractivity contribution < 1.29 is 9.59 Å². The van der Waals surface area contributed by atoms with Gasteiger partial charge in [0.05, 0.1) is 0 Å². The molecule has 1 saturated heterocycles.